The van der Waals surface area contributed by atoms with Gasteiger partial charge in [0.2, 0.25) is 5.91 Å². The number of likely N-dealkylation sites (tertiary alicyclic amines) is 2. The lowest BCUT2D eigenvalue weighted by Crippen LogP contribution is -2.55. The van der Waals surface area contributed by atoms with E-state index in [4.69, 9.17) is 4.74 Å². The van der Waals surface area contributed by atoms with Crippen molar-refractivity contribution in [1.82, 2.24) is 9.80 Å². The average Bonchev–Trinajstić information content (AvgIpc) is 2.79. The second-order valence-electron chi connectivity index (χ2n) is 8.42. The quantitative estimate of drug-likeness (QED) is 0.713. The predicted octanol–water partition coefficient (Wildman–Crippen LogP) is 3.53. The number of fused-ring (bicyclic) bond motifs is 1. The molecule has 2 fully saturated rings. The number of ether oxygens (including phenoxy) is 1. The number of carbonyl (C=O) groups excluding carboxylic acids is 2. The number of carbonyl (C=O) groups is 2. The molecule has 2 heterocycles. The minimum atomic E-state index is -0.299. The van der Waals surface area contributed by atoms with Crippen molar-refractivity contribution >= 4 is 11.9 Å². The molecule has 2 aliphatic rings. The Morgan fingerprint density at radius 3 is 2.47 bits per heavy atom. The van der Waals surface area contributed by atoms with Crippen LogP contribution in [-0.2, 0) is 22.5 Å². The largest absolute Gasteiger partial charge is 0.465 e. The number of piperidine rings is 2. The molecule has 0 aliphatic carbocycles. The Balaban J connectivity index is 1.35. The Labute approximate surface area is 178 Å². The molecule has 2 aliphatic heterocycles. The van der Waals surface area contributed by atoms with Gasteiger partial charge in [0.05, 0.1) is 19.1 Å². The third kappa shape index (κ3) is 4.73. The fraction of sp³-hybridized carbons (Fsp3) is 0.440. The number of benzene rings is 2. The number of esters is 1. The molecule has 0 radical (unpaired) electrons. The summed E-state index contributed by atoms with van der Waals surface area (Å²) >= 11 is 0. The standard InChI is InChI=1S/C25H30N2O3/c1-30-25(29)21-11-9-20(10-12-21)17-26-14-5-8-22-18-27(15-13-23(22)26)24(28)16-19-6-3-2-4-7-19/h2-4,6-7,9-12,22-23H,5,8,13-18H2,1H3/t22-,23+/m1/s1. The van der Waals surface area contributed by atoms with E-state index in [2.05, 4.69) is 9.80 Å². The van der Waals surface area contributed by atoms with Gasteiger partial charge in [0, 0.05) is 25.7 Å². The number of hydrogen-bond acceptors (Lipinski definition) is 4. The maximum Gasteiger partial charge on any atom is 0.337 e. The summed E-state index contributed by atoms with van der Waals surface area (Å²) < 4.78 is 4.78. The van der Waals surface area contributed by atoms with Gasteiger partial charge in [0.15, 0.2) is 0 Å². The van der Waals surface area contributed by atoms with Gasteiger partial charge < -0.3 is 9.64 Å². The number of rotatable bonds is 5. The topological polar surface area (TPSA) is 49.9 Å². The normalized spacial score (nSPS) is 21.7. The van der Waals surface area contributed by atoms with Crippen LogP contribution in [0.4, 0.5) is 0 Å². The van der Waals surface area contributed by atoms with E-state index in [1.54, 1.807) is 0 Å². The minimum absolute atomic E-state index is 0.246. The third-order valence-corrected chi connectivity index (χ3v) is 6.49. The van der Waals surface area contributed by atoms with Crippen LogP contribution in [0.25, 0.3) is 0 Å². The van der Waals surface area contributed by atoms with Crippen LogP contribution in [0.1, 0.15) is 40.7 Å². The van der Waals surface area contributed by atoms with Crippen molar-refractivity contribution in [3.8, 4) is 0 Å². The SMILES string of the molecule is COC(=O)c1ccc(CN2CCC[C@@H]3CN(C(=O)Cc4ccccc4)CC[C@@H]32)cc1. The summed E-state index contributed by atoms with van der Waals surface area (Å²) in [5.41, 5.74) is 2.89. The lowest BCUT2D eigenvalue weighted by molar-refractivity contribution is -0.134. The van der Waals surface area contributed by atoms with Gasteiger partial charge in [-0.05, 0) is 55.0 Å². The second kappa shape index (κ2) is 9.43. The number of nitrogens with zero attached hydrogens (tertiary/aromatic N) is 2. The fourth-order valence-corrected chi connectivity index (χ4v) is 4.91. The Morgan fingerprint density at radius 2 is 1.73 bits per heavy atom. The van der Waals surface area contributed by atoms with Gasteiger partial charge in [-0.15, -0.1) is 0 Å². The highest BCUT2D eigenvalue weighted by atomic mass is 16.5. The molecule has 0 N–H and O–H groups in total. The highest BCUT2D eigenvalue weighted by Crippen LogP contribution is 2.32. The van der Waals surface area contributed by atoms with E-state index in [1.807, 2.05) is 54.6 Å². The monoisotopic (exact) mass is 406 g/mol. The molecule has 0 unspecified atom stereocenters. The summed E-state index contributed by atoms with van der Waals surface area (Å²) in [5, 5.41) is 0. The first-order valence-corrected chi connectivity index (χ1v) is 10.9. The molecule has 4 rings (SSSR count). The summed E-state index contributed by atoms with van der Waals surface area (Å²) in [6.07, 6.45) is 3.89. The lowest BCUT2D eigenvalue weighted by atomic mass is 9.83. The number of hydrogen-bond donors (Lipinski definition) is 0. The van der Waals surface area contributed by atoms with E-state index < -0.39 is 0 Å². The van der Waals surface area contributed by atoms with Crippen LogP contribution in [0.2, 0.25) is 0 Å². The van der Waals surface area contributed by atoms with Gasteiger partial charge in [0.25, 0.3) is 0 Å². The maximum absolute atomic E-state index is 12.8. The van der Waals surface area contributed by atoms with Crippen molar-refractivity contribution in [3.63, 3.8) is 0 Å². The first-order chi connectivity index (χ1) is 14.6. The first-order valence-electron chi connectivity index (χ1n) is 10.9. The molecule has 158 valence electrons. The van der Waals surface area contributed by atoms with E-state index in [9.17, 15) is 9.59 Å². The van der Waals surface area contributed by atoms with E-state index in [0.717, 1.165) is 38.2 Å². The molecule has 1 amide bonds. The molecule has 2 aromatic carbocycles. The van der Waals surface area contributed by atoms with Gasteiger partial charge in [-0.2, -0.15) is 0 Å². The van der Waals surface area contributed by atoms with Crippen LogP contribution in [0.15, 0.2) is 54.6 Å². The van der Waals surface area contributed by atoms with Gasteiger partial charge in [-0.25, -0.2) is 4.79 Å². The van der Waals surface area contributed by atoms with Crippen LogP contribution in [0, 0.1) is 5.92 Å². The molecular weight excluding hydrogens is 376 g/mol. The smallest absolute Gasteiger partial charge is 0.337 e. The van der Waals surface area contributed by atoms with Gasteiger partial charge >= 0.3 is 5.97 Å². The van der Waals surface area contributed by atoms with Crippen molar-refractivity contribution in [2.75, 3.05) is 26.7 Å². The summed E-state index contributed by atoms with van der Waals surface area (Å²) in [6.45, 7) is 3.69. The Hall–Kier alpha value is -2.66. The third-order valence-electron chi connectivity index (χ3n) is 6.49. The van der Waals surface area contributed by atoms with Crippen molar-refractivity contribution in [1.29, 1.82) is 0 Å². The minimum Gasteiger partial charge on any atom is -0.465 e. The Kier molecular flexibility index (Phi) is 6.48. The summed E-state index contributed by atoms with van der Waals surface area (Å²) in [6, 6.07) is 18.3. The van der Waals surface area contributed by atoms with E-state index in [1.165, 1.54) is 25.5 Å². The molecule has 2 atom stereocenters. The zero-order chi connectivity index (χ0) is 20.9. The summed E-state index contributed by atoms with van der Waals surface area (Å²) in [7, 11) is 1.40. The van der Waals surface area contributed by atoms with Crippen LogP contribution in [0.3, 0.4) is 0 Å². The molecule has 0 bridgehead atoms. The first kappa shape index (κ1) is 20.6. The summed E-state index contributed by atoms with van der Waals surface area (Å²) in [4.78, 5) is 29.1. The zero-order valence-corrected chi connectivity index (χ0v) is 17.6. The van der Waals surface area contributed by atoms with Crippen molar-refractivity contribution < 1.29 is 14.3 Å². The summed E-state index contributed by atoms with van der Waals surface area (Å²) in [5.74, 6) is 0.490. The van der Waals surface area contributed by atoms with Crippen LogP contribution in [0.5, 0.6) is 0 Å². The highest BCUT2D eigenvalue weighted by Gasteiger charge is 2.37. The lowest BCUT2D eigenvalue weighted by Gasteiger charge is -2.47. The van der Waals surface area contributed by atoms with Crippen LogP contribution >= 0.6 is 0 Å². The van der Waals surface area contributed by atoms with E-state index in [0.29, 0.717) is 23.9 Å². The molecule has 2 saturated heterocycles. The Morgan fingerprint density at radius 1 is 0.967 bits per heavy atom. The van der Waals surface area contributed by atoms with Crippen molar-refractivity contribution in [2.24, 2.45) is 5.92 Å². The maximum atomic E-state index is 12.8. The molecule has 0 aromatic heterocycles. The average molecular weight is 407 g/mol. The molecular formula is C25H30N2O3. The van der Waals surface area contributed by atoms with Crippen LogP contribution < -0.4 is 0 Å². The van der Waals surface area contributed by atoms with Gasteiger partial charge in [-0.1, -0.05) is 42.5 Å². The van der Waals surface area contributed by atoms with E-state index in [-0.39, 0.29) is 11.9 Å². The number of amides is 1. The molecule has 0 spiro atoms. The van der Waals surface area contributed by atoms with Crippen molar-refractivity contribution in [2.45, 2.75) is 38.3 Å². The molecule has 30 heavy (non-hydrogen) atoms. The van der Waals surface area contributed by atoms with Crippen molar-refractivity contribution in [3.05, 3.63) is 71.3 Å². The highest BCUT2D eigenvalue weighted by molar-refractivity contribution is 5.89. The van der Waals surface area contributed by atoms with Gasteiger partial charge in [0.1, 0.15) is 0 Å². The number of methoxy groups -OCH3 is 1. The second-order valence-corrected chi connectivity index (χ2v) is 8.42. The molecule has 0 saturated carbocycles. The van der Waals surface area contributed by atoms with Gasteiger partial charge in [-0.3, -0.25) is 9.69 Å². The van der Waals surface area contributed by atoms with Crippen LogP contribution in [-0.4, -0.2) is 54.5 Å². The predicted molar refractivity (Wildman–Crippen MR) is 116 cm³/mol. The zero-order valence-electron chi connectivity index (χ0n) is 17.6. The molecule has 5 nitrogen and oxygen atoms in total. The fourth-order valence-electron chi connectivity index (χ4n) is 4.91. The molecule has 5 heteroatoms. The molecule has 2 aromatic rings. The van der Waals surface area contributed by atoms with E-state index >= 15 is 0 Å². The Bertz CT molecular complexity index is 866.